The first-order chi connectivity index (χ1) is 10.2. The van der Waals surface area contributed by atoms with Crippen LogP contribution in [-0.4, -0.2) is 5.91 Å². The monoisotopic (exact) mass is 323 g/mol. The molecule has 22 heavy (non-hydrogen) atoms. The third kappa shape index (κ3) is 3.63. The quantitative estimate of drug-likeness (QED) is 0.759. The summed E-state index contributed by atoms with van der Waals surface area (Å²) in [5.74, 6) is -2.79. The zero-order chi connectivity index (χ0) is 16.5. The third-order valence-corrected chi connectivity index (χ3v) is 3.58. The first-order valence-corrected chi connectivity index (χ1v) is 7.13. The maximum atomic E-state index is 13.2. The van der Waals surface area contributed by atoms with E-state index in [4.69, 9.17) is 11.6 Å². The van der Waals surface area contributed by atoms with E-state index < -0.39 is 17.5 Å². The zero-order valence-corrected chi connectivity index (χ0v) is 13.3. The van der Waals surface area contributed by atoms with Gasteiger partial charge < -0.3 is 5.32 Å². The van der Waals surface area contributed by atoms with Gasteiger partial charge in [-0.15, -0.1) is 0 Å². The van der Waals surface area contributed by atoms with E-state index in [1.165, 1.54) is 0 Å². The average Bonchev–Trinajstić information content (AvgIpc) is 2.42. The van der Waals surface area contributed by atoms with Crippen LogP contribution in [0.25, 0.3) is 0 Å². The Morgan fingerprint density at radius 3 is 2.14 bits per heavy atom. The van der Waals surface area contributed by atoms with E-state index in [0.717, 1.165) is 17.7 Å². The second-order valence-electron chi connectivity index (χ2n) is 6.03. The van der Waals surface area contributed by atoms with Gasteiger partial charge in [-0.05, 0) is 35.2 Å². The second kappa shape index (κ2) is 6.05. The molecule has 116 valence electrons. The molecule has 1 amide bonds. The molecule has 0 saturated carbocycles. The lowest BCUT2D eigenvalue weighted by atomic mass is 9.87. The van der Waals surface area contributed by atoms with Gasteiger partial charge >= 0.3 is 0 Å². The number of halogens is 3. The number of anilines is 1. The van der Waals surface area contributed by atoms with Crippen molar-refractivity contribution in [3.63, 3.8) is 0 Å². The SMILES string of the molecule is CC(C)(C)c1ccc(NC(=O)c2cc(F)c(F)cc2Cl)cc1. The van der Waals surface area contributed by atoms with Gasteiger partial charge in [0.15, 0.2) is 11.6 Å². The van der Waals surface area contributed by atoms with Crippen LogP contribution < -0.4 is 5.32 Å². The summed E-state index contributed by atoms with van der Waals surface area (Å²) < 4.78 is 26.2. The van der Waals surface area contributed by atoms with Crippen LogP contribution in [0.5, 0.6) is 0 Å². The summed E-state index contributed by atoms with van der Waals surface area (Å²) in [4.78, 5) is 12.1. The lowest BCUT2D eigenvalue weighted by Crippen LogP contribution is -2.14. The highest BCUT2D eigenvalue weighted by Gasteiger charge is 2.16. The van der Waals surface area contributed by atoms with Gasteiger partial charge in [0, 0.05) is 5.69 Å². The Morgan fingerprint density at radius 2 is 1.59 bits per heavy atom. The van der Waals surface area contributed by atoms with Crippen LogP contribution in [0.4, 0.5) is 14.5 Å². The maximum Gasteiger partial charge on any atom is 0.257 e. The number of rotatable bonds is 2. The molecule has 0 spiro atoms. The van der Waals surface area contributed by atoms with Crippen molar-refractivity contribution in [1.29, 1.82) is 0 Å². The van der Waals surface area contributed by atoms with E-state index in [0.29, 0.717) is 5.69 Å². The molecule has 0 radical (unpaired) electrons. The molecular formula is C17H16ClF2NO. The first kappa shape index (κ1) is 16.4. The molecule has 5 heteroatoms. The van der Waals surface area contributed by atoms with Gasteiger partial charge in [0.1, 0.15) is 0 Å². The van der Waals surface area contributed by atoms with Crippen molar-refractivity contribution in [3.05, 3.63) is 64.2 Å². The molecule has 0 bridgehead atoms. The smallest absolute Gasteiger partial charge is 0.257 e. The summed E-state index contributed by atoms with van der Waals surface area (Å²) in [7, 11) is 0. The van der Waals surface area contributed by atoms with Crippen molar-refractivity contribution in [2.75, 3.05) is 5.32 Å². The molecule has 2 aromatic carbocycles. The minimum Gasteiger partial charge on any atom is -0.322 e. The molecule has 0 heterocycles. The van der Waals surface area contributed by atoms with Crippen molar-refractivity contribution in [2.45, 2.75) is 26.2 Å². The molecule has 0 saturated heterocycles. The molecule has 0 aliphatic heterocycles. The molecule has 0 aliphatic rings. The van der Waals surface area contributed by atoms with Gasteiger partial charge in [-0.3, -0.25) is 4.79 Å². The van der Waals surface area contributed by atoms with Gasteiger partial charge in [-0.1, -0.05) is 44.5 Å². The molecule has 0 atom stereocenters. The highest BCUT2D eigenvalue weighted by Crippen LogP contribution is 2.25. The van der Waals surface area contributed by atoms with Crippen LogP contribution >= 0.6 is 11.6 Å². The lowest BCUT2D eigenvalue weighted by molar-refractivity contribution is 0.102. The van der Waals surface area contributed by atoms with Crippen LogP contribution in [0.1, 0.15) is 36.7 Å². The third-order valence-electron chi connectivity index (χ3n) is 3.26. The van der Waals surface area contributed by atoms with E-state index in [1.807, 2.05) is 12.1 Å². The summed E-state index contributed by atoms with van der Waals surface area (Å²) in [6, 6.07) is 8.90. The lowest BCUT2D eigenvalue weighted by Gasteiger charge is -2.19. The normalized spacial score (nSPS) is 11.4. The summed E-state index contributed by atoms with van der Waals surface area (Å²) in [6.07, 6.45) is 0. The highest BCUT2D eigenvalue weighted by molar-refractivity contribution is 6.34. The van der Waals surface area contributed by atoms with Crippen LogP contribution in [-0.2, 0) is 5.41 Å². The number of carbonyl (C=O) groups is 1. The second-order valence-corrected chi connectivity index (χ2v) is 6.43. The van der Waals surface area contributed by atoms with Crippen molar-refractivity contribution in [1.82, 2.24) is 0 Å². The van der Waals surface area contributed by atoms with Gasteiger partial charge in [0.05, 0.1) is 10.6 Å². The summed E-state index contributed by atoms with van der Waals surface area (Å²) in [5.41, 5.74) is 1.57. The molecule has 2 nitrogen and oxygen atoms in total. The average molecular weight is 324 g/mol. The fourth-order valence-electron chi connectivity index (χ4n) is 1.95. The van der Waals surface area contributed by atoms with E-state index in [-0.39, 0.29) is 16.0 Å². The standard InChI is InChI=1S/C17H16ClF2NO/c1-17(2,3)10-4-6-11(7-5-10)21-16(22)12-8-14(19)15(20)9-13(12)18/h4-9H,1-3H3,(H,21,22). The molecule has 2 rings (SSSR count). The predicted octanol–water partition coefficient (Wildman–Crippen LogP) is 5.17. The van der Waals surface area contributed by atoms with E-state index in [9.17, 15) is 13.6 Å². The Bertz CT molecular complexity index is 706. The van der Waals surface area contributed by atoms with Crippen molar-refractivity contribution < 1.29 is 13.6 Å². The molecule has 2 aromatic rings. The predicted molar refractivity (Wildman–Crippen MR) is 84.5 cm³/mol. The Kier molecular flexibility index (Phi) is 4.52. The topological polar surface area (TPSA) is 29.1 Å². The van der Waals surface area contributed by atoms with Gasteiger partial charge in [-0.25, -0.2) is 8.78 Å². The van der Waals surface area contributed by atoms with Crippen LogP contribution in [0.2, 0.25) is 5.02 Å². The molecule has 1 N–H and O–H groups in total. The Labute approximate surface area is 133 Å². The maximum absolute atomic E-state index is 13.2. The van der Waals surface area contributed by atoms with Crippen molar-refractivity contribution >= 4 is 23.2 Å². The molecular weight excluding hydrogens is 308 g/mol. The van der Waals surface area contributed by atoms with Crippen LogP contribution in [0, 0.1) is 11.6 Å². The Balaban J connectivity index is 2.21. The molecule has 0 aliphatic carbocycles. The first-order valence-electron chi connectivity index (χ1n) is 6.75. The van der Waals surface area contributed by atoms with Crippen molar-refractivity contribution in [2.24, 2.45) is 0 Å². The van der Waals surface area contributed by atoms with Gasteiger partial charge in [0.2, 0.25) is 0 Å². The minimum atomic E-state index is -1.11. The number of amides is 1. The largest absolute Gasteiger partial charge is 0.322 e. The van der Waals surface area contributed by atoms with E-state index in [2.05, 4.69) is 26.1 Å². The van der Waals surface area contributed by atoms with E-state index in [1.54, 1.807) is 12.1 Å². The summed E-state index contributed by atoms with van der Waals surface area (Å²) in [5, 5.41) is 2.48. The Morgan fingerprint density at radius 1 is 1.05 bits per heavy atom. The minimum absolute atomic E-state index is 0.00589. The number of nitrogens with one attached hydrogen (secondary N) is 1. The van der Waals surface area contributed by atoms with Gasteiger partial charge in [0.25, 0.3) is 5.91 Å². The fourth-order valence-corrected chi connectivity index (χ4v) is 2.18. The summed E-state index contributed by atoms with van der Waals surface area (Å²) >= 11 is 5.78. The molecule has 0 unspecified atom stereocenters. The zero-order valence-electron chi connectivity index (χ0n) is 12.5. The highest BCUT2D eigenvalue weighted by atomic mass is 35.5. The number of carbonyl (C=O) groups excluding carboxylic acids is 1. The number of hydrogen-bond acceptors (Lipinski definition) is 1. The number of hydrogen-bond donors (Lipinski definition) is 1. The number of benzene rings is 2. The van der Waals surface area contributed by atoms with Crippen molar-refractivity contribution in [3.8, 4) is 0 Å². The van der Waals surface area contributed by atoms with Crippen LogP contribution in [0.3, 0.4) is 0 Å². The summed E-state index contributed by atoms with van der Waals surface area (Å²) in [6.45, 7) is 6.25. The fraction of sp³-hybridized carbons (Fsp3) is 0.235. The molecule has 0 fully saturated rings. The molecule has 0 aromatic heterocycles. The van der Waals surface area contributed by atoms with E-state index >= 15 is 0 Å². The Hall–Kier alpha value is -1.94. The van der Waals surface area contributed by atoms with Crippen LogP contribution in [0.15, 0.2) is 36.4 Å². The van der Waals surface area contributed by atoms with Gasteiger partial charge in [-0.2, -0.15) is 0 Å².